The molecule has 1 aromatic carbocycles. The largest absolute Gasteiger partial charge is 0.346 e. The van der Waals surface area contributed by atoms with Crippen LogP contribution in [0.15, 0.2) is 48.7 Å². The summed E-state index contributed by atoms with van der Waals surface area (Å²) in [7, 11) is 0. The van der Waals surface area contributed by atoms with Crippen LogP contribution in [0, 0.1) is 0 Å². The Bertz CT molecular complexity index is 767. The van der Waals surface area contributed by atoms with Gasteiger partial charge < -0.3 is 4.57 Å². The number of nitrogens with zero attached hydrogens (tertiary/aromatic N) is 1. The van der Waals surface area contributed by atoms with Crippen molar-refractivity contribution in [1.82, 2.24) is 4.57 Å². The zero-order valence-electron chi connectivity index (χ0n) is 20.8. The number of aryl methyl sites for hydroxylation is 1. The Morgan fingerprint density at radius 2 is 1.41 bits per heavy atom. The predicted molar refractivity (Wildman–Crippen MR) is 141 cm³/mol. The van der Waals surface area contributed by atoms with Crippen LogP contribution in [0.1, 0.15) is 126 Å². The van der Waals surface area contributed by atoms with Crippen molar-refractivity contribution in [2.45, 2.75) is 123 Å². The highest BCUT2D eigenvalue weighted by Crippen LogP contribution is 2.27. The lowest BCUT2D eigenvalue weighted by Crippen LogP contribution is -2.03. The van der Waals surface area contributed by atoms with E-state index in [-0.39, 0.29) is 0 Å². The number of benzene rings is 1. The van der Waals surface area contributed by atoms with Crippen molar-refractivity contribution in [3.05, 3.63) is 65.5 Å². The number of unbranched alkanes of at least 4 members (excludes halogenated alkanes) is 8. The average Bonchev–Trinajstić information content (AvgIpc) is 3.20. The molecule has 1 aromatic heterocycles. The molecule has 0 N–H and O–H groups in total. The minimum atomic E-state index is 1.00. The van der Waals surface area contributed by atoms with Crippen LogP contribution in [0.5, 0.6) is 0 Å². The molecule has 0 atom stereocenters. The molecule has 0 aliphatic heterocycles. The third kappa shape index (κ3) is 9.00. The molecule has 0 spiro atoms. The molecule has 0 unspecified atom stereocenters. The molecule has 1 aliphatic rings. The Morgan fingerprint density at radius 3 is 2.16 bits per heavy atom. The first-order valence-corrected chi connectivity index (χ1v) is 13.8. The van der Waals surface area contributed by atoms with Crippen LogP contribution < -0.4 is 0 Å². The monoisotopic (exact) mass is 433 g/mol. The van der Waals surface area contributed by atoms with E-state index in [1.165, 1.54) is 126 Å². The Morgan fingerprint density at radius 1 is 0.750 bits per heavy atom. The first-order valence-electron chi connectivity index (χ1n) is 13.8. The second-order valence-corrected chi connectivity index (χ2v) is 9.95. The van der Waals surface area contributed by atoms with Crippen LogP contribution in [-0.4, -0.2) is 4.57 Å². The van der Waals surface area contributed by atoms with Gasteiger partial charge in [-0.1, -0.05) is 114 Å². The minimum Gasteiger partial charge on any atom is -0.346 e. The highest BCUT2D eigenvalue weighted by molar-refractivity contribution is 5.66. The maximum atomic E-state index is 2.59. The molecule has 1 aliphatic carbocycles. The molecule has 1 heteroatoms. The van der Waals surface area contributed by atoms with Crippen molar-refractivity contribution in [2.24, 2.45) is 0 Å². The van der Waals surface area contributed by atoms with Crippen molar-refractivity contribution in [3.63, 3.8) is 0 Å². The topological polar surface area (TPSA) is 4.93 Å². The van der Waals surface area contributed by atoms with Gasteiger partial charge in [-0.2, -0.15) is 0 Å². The molecule has 1 heterocycles. The summed E-state index contributed by atoms with van der Waals surface area (Å²) in [5.41, 5.74) is 6.05. The highest BCUT2D eigenvalue weighted by atomic mass is 15.0. The zero-order valence-corrected chi connectivity index (χ0v) is 20.8. The summed E-state index contributed by atoms with van der Waals surface area (Å²) in [6.07, 6.45) is 28.3. The van der Waals surface area contributed by atoms with E-state index in [0.717, 1.165) is 6.54 Å². The lowest BCUT2D eigenvalue weighted by atomic mass is 9.97. The van der Waals surface area contributed by atoms with E-state index in [0.29, 0.717) is 0 Å². The van der Waals surface area contributed by atoms with E-state index in [9.17, 15) is 0 Å². The van der Waals surface area contributed by atoms with Crippen LogP contribution in [0.2, 0.25) is 0 Å². The first-order chi connectivity index (χ1) is 15.9. The summed E-state index contributed by atoms with van der Waals surface area (Å²) in [5.74, 6) is 0. The third-order valence-electron chi connectivity index (χ3n) is 7.13. The van der Waals surface area contributed by atoms with E-state index >= 15 is 0 Å². The molecule has 0 fully saturated rings. The maximum absolute atomic E-state index is 2.59. The lowest BCUT2D eigenvalue weighted by Gasteiger charge is -2.09. The van der Waals surface area contributed by atoms with E-state index in [1.807, 2.05) is 0 Å². The van der Waals surface area contributed by atoms with Gasteiger partial charge in [0.05, 0.1) is 0 Å². The van der Waals surface area contributed by atoms with Crippen molar-refractivity contribution in [2.75, 3.05) is 0 Å². The summed E-state index contributed by atoms with van der Waals surface area (Å²) in [4.78, 5) is 0. The van der Waals surface area contributed by atoms with Gasteiger partial charge in [0.25, 0.3) is 0 Å². The van der Waals surface area contributed by atoms with Gasteiger partial charge in [0, 0.05) is 18.4 Å². The highest BCUT2D eigenvalue weighted by Gasteiger charge is 2.11. The Labute approximate surface area is 198 Å². The van der Waals surface area contributed by atoms with Crippen molar-refractivity contribution >= 4 is 5.57 Å². The molecule has 2 aromatic rings. The molecule has 176 valence electrons. The fraction of sp³-hybridized carbons (Fsp3) is 0.613. The van der Waals surface area contributed by atoms with Gasteiger partial charge in [0.15, 0.2) is 0 Å². The average molecular weight is 434 g/mol. The summed E-state index contributed by atoms with van der Waals surface area (Å²) in [6.45, 7) is 3.30. The number of hydrogen-bond donors (Lipinski definition) is 0. The molecule has 0 saturated carbocycles. The molecular formula is C31H47N. The predicted octanol–water partition coefficient (Wildman–Crippen LogP) is 9.74. The first kappa shape index (κ1) is 24.9. The number of aromatic nitrogens is 1. The van der Waals surface area contributed by atoms with Gasteiger partial charge in [-0.25, -0.2) is 0 Å². The second-order valence-electron chi connectivity index (χ2n) is 9.95. The second kappa shape index (κ2) is 15.1. The molecule has 2 bridgehead atoms. The van der Waals surface area contributed by atoms with Gasteiger partial charge in [-0.15, -0.1) is 0 Å². The minimum absolute atomic E-state index is 1.00. The van der Waals surface area contributed by atoms with Crippen molar-refractivity contribution in [3.8, 4) is 0 Å². The molecule has 0 radical (unpaired) electrons. The normalized spacial score (nSPS) is 16.6. The van der Waals surface area contributed by atoms with Crippen molar-refractivity contribution in [1.29, 1.82) is 0 Å². The number of hydrogen-bond acceptors (Lipinski definition) is 0. The summed E-state index contributed by atoms with van der Waals surface area (Å²) in [5, 5.41) is 0. The molecule has 0 amide bonds. The van der Waals surface area contributed by atoms with E-state index in [1.54, 1.807) is 5.57 Å². The smallest absolute Gasteiger partial charge is 0.0473 e. The zero-order chi connectivity index (χ0) is 22.3. The Kier molecular flexibility index (Phi) is 11.8. The van der Waals surface area contributed by atoms with E-state index < -0.39 is 0 Å². The Hall–Kier alpha value is -1.76. The quantitative estimate of drug-likeness (QED) is 0.311. The standard InChI is InChI=1S/C31H47N/c1-2-3-4-5-6-7-8-11-17-22-29-23-18-12-9-10-13-19-24-31-25-30(29)27-32(31)26-28-20-15-14-16-21-28/h14-16,20-22,25,27H,2-13,17-19,23-24,26H2,1H3/b29-22+. The van der Waals surface area contributed by atoms with Gasteiger partial charge in [0.1, 0.15) is 0 Å². The third-order valence-corrected chi connectivity index (χ3v) is 7.13. The van der Waals surface area contributed by atoms with Gasteiger partial charge in [-0.05, 0) is 61.3 Å². The number of rotatable bonds is 11. The fourth-order valence-corrected chi connectivity index (χ4v) is 5.12. The van der Waals surface area contributed by atoms with Crippen LogP contribution in [0.3, 0.4) is 0 Å². The van der Waals surface area contributed by atoms with Gasteiger partial charge in [-0.3, -0.25) is 0 Å². The van der Waals surface area contributed by atoms with Gasteiger partial charge >= 0.3 is 0 Å². The van der Waals surface area contributed by atoms with E-state index in [4.69, 9.17) is 0 Å². The Balaban J connectivity index is 1.61. The molecule has 0 saturated heterocycles. The number of fused-ring (bicyclic) bond motifs is 2. The van der Waals surface area contributed by atoms with Crippen molar-refractivity contribution < 1.29 is 0 Å². The SMILES string of the molecule is CCCCCCCCCC/C=C1\CCCCCCCCc2cc1cn2Cc1ccccc1. The lowest BCUT2D eigenvalue weighted by molar-refractivity contribution is 0.577. The maximum Gasteiger partial charge on any atom is 0.0473 e. The van der Waals surface area contributed by atoms with Crippen LogP contribution in [0.25, 0.3) is 5.57 Å². The van der Waals surface area contributed by atoms with Crippen LogP contribution in [-0.2, 0) is 13.0 Å². The molecular weight excluding hydrogens is 386 g/mol. The number of allylic oxidation sites excluding steroid dienone is 2. The van der Waals surface area contributed by atoms with E-state index in [2.05, 4.69) is 60.2 Å². The molecule has 32 heavy (non-hydrogen) atoms. The van der Waals surface area contributed by atoms with Crippen LogP contribution >= 0.6 is 0 Å². The molecule has 3 rings (SSSR count). The van der Waals surface area contributed by atoms with Gasteiger partial charge in [0.2, 0.25) is 0 Å². The fourth-order valence-electron chi connectivity index (χ4n) is 5.12. The van der Waals surface area contributed by atoms with Crippen LogP contribution in [0.4, 0.5) is 0 Å². The summed E-state index contributed by atoms with van der Waals surface area (Å²) in [6, 6.07) is 13.5. The summed E-state index contributed by atoms with van der Waals surface area (Å²) >= 11 is 0. The summed E-state index contributed by atoms with van der Waals surface area (Å²) < 4.78 is 2.53. The molecule has 1 nitrogen and oxygen atoms in total.